The first-order valence-electron chi connectivity index (χ1n) is 8.45. The second-order valence-corrected chi connectivity index (χ2v) is 6.58. The highest BCUT2D eigenvalue weighted by Crippen LogP contribution is 2.38. The highest BCUT2D eigenvalue weighted by molar-refractivity contribution is 5.78. The van der Waals surface area contributed by atoms with E-state index in [9.17, 15) is 4.79 Å². The van der Waals surface area contributed by atoms with E-state index < -0.39 is 0 Å². The molecule has 0 spiro atoms. The van der Waals surface area contributed by atoms with E-state index in [1.165, 1.54) is 0 Å². The van der Waals surface area contributed by atoms with Crippen molar-refractivity contribution in [2.24, 2.45) is 5.92 Å². The Morgan fingerprint density at radius 1 is 1.26 bits per heavy atom. The monoisotopic (exact) mass is 317 g/mol. The fourth-order valence-electron chi connectivity index (χ4n) is 3.78. The lowest BCUT2D eigenvalue weighted by Crippen LogP contribution is -2.56. The number of rotatable bonds is 4. The minimum absolute atomic E-state index is 0.143. The lowest BCUT2D eigenvalue weighted by molar-refractivity contribution is -0.125. The van der Waals surface area contributed by atoms with Crippen LogP contribution in [0.1, 0.15) is 12.8 Å². The van der Waals surface area contributed by atoms with Crippen molar-refractivity contribution in [1.82, 2.24) is 20.2 Å². The second-order valence-electron chi connectivity index (χ2n) is 6.58. The van der Waals surface area contributed by atoms with Crippen LogP contribution in [-0.4, -0.2) is 72.3 Å². The number of piperazine rings is 1. The van der Waals surface area contributed by atoms with Crippen molar-refractivity contribution in [2.45, 2.75) is 25.0 Å². The Kier molecular flexibility index (Phi) is 4.13. The zero-order valence-electron chi connectivity index (χ0n) is 13.2. The van der Waals surface area contributed by atoms with Crippen LogP contribution in [0.2, 0.25) is 0 Å². The molecule has 7 heteroatoms. The van der Waals surface area contributed by atoms with Gasteiger partial charge in [-0.2, -0.15) is 0 Å². The van der Waals surface area contributed by atoms with Gasteiger partial charge in [0.05, 0.1) is 12.6 Å². The van der Waals surface area contributed by atoms with Crippen LogP contribution in [0.15, 0.2) is 18.5 Å². The maximum atomic E-state index is 12.2. The maximum absolute atomic E-state index is 12.2. The Hall–Kier alpha value is -1.73. The van der Waals surface area contributed by atoms with Gasteiger partial charge in [0.1, 0.15) is 0 Å². The van der Waals surface area contributed by atoms with Crippen LogP contribution >= 0.6 is 0 Å². The van der Waals surface area contributed by atoms with Crippen LogP contribution < -0.4 is 10.2 Å². The van der Waals surface area contributed by atoms with E-state index >= 15 is 0 Å². The molecule has 1 saturated carbocycles. The van der Waals surface area contributed by atoms with E-state index in [0.29, 0.717) is 24.6 Å². The van der Waals surface area contributed by atoms with Gasteiger partial charge in [-0.25, -0.2) is 9.97 Å². The van der Waals surface area contributed by atoms with Gasteiger partial charge in [0.25, 0.3) is 0 Å². The fourth-order valence-corrected chi connectivity index (χ4v) is 3.78. The predicted molar refractivity (Wildman–Crippen MR) is 85.1 cm³/mol. The lowest BCUT2D eigenvalue weighted by atomic mass is 9.76. The highest BCUT2D eigenvalue weighted by Gasteiger charge is 2.45. The molecule has 0 radical (unpaired) electrons. The van der Waals surface area contributed by atoms with Gasteiger partial charge in [-0.05, 0) is 18.9 Å². The molecule has 1 aliphatic carbocycles. The normalized spacial score (nSPS) is 30.6. The number of hydrogen-bond acceptors (Lipinski definition) is 6. The van der Waals surface area contributed by atoms with E-state index in [0.717, 1.165) is 51.6 Å². The summed E-state index contributed by atoms with van der Waals surface area (Å²) in [5.74, 6) is 1.47. The summed E-state index contributed by atoms with van der Waals surface area (Å²) in [7, 11) is 0. The van der Waals surface area contributed by atoms with Crippen molar-refractivity contribution < 1.29 is 9.53 Å². The summed E-state index contributed by atoms with van der Waals surface area (Å²) in [6.45, 7) is 4.79. The van der Waals surface area contributed by atoms with Gasteiger partial charge in [-0.1, -0.05) is 0 Å². The number of aromatic nitrogens is 2. The second kappa shape index (κ2) is 6.41. The summed E-state index contributed by atoms with van der Waals surface area (Å²) in [5, 5.41) is 3.18. The number of anilines is 1. The van der Waals surface area contributed by atoms with Gasteiger partial charge in [0.15, 0.2) is 0 Å². The molecule has 3 fully saturated rings. The summed E-state index contributed by atoms with van der Waals surface area (Å²) in [6, 6.07) is 2.15. The summed E-state index contributed by atoms with van der Waals surface area (Å²) in [5.41, 5.74) is 0. The number of hydrogen-bond donors (Lipinski definition) is 1. The third-order valence-electron chi connectivity index (χ3n) is 5.18. The molecule has 1 amide bonds. The third-order valence-corrected chi connectivity index (χ3v) is 5.18. The number of carbonyl (C=O) groups excluding carboxylic acids is 1. The van der Waals surface area contributed by atoms with Crippen LogP contribution in [0.5, 0.6) is 0 Å². The van der Waals surface area contributed by atoms with E-state index in [2.05, 4.69) is 25.1 Å². The van der Waals surface area contributed by atoms with Crippen molar-refractivity contribution in [3.8, 4) is 0 Å². The van der Waals surface area contributed by atoms with Crippen molar-refractivity contribution in [3.05, 3.63) is 18.5 Å². The van der Waals surface area contributed by atoms with Crippen LogP contribution in [0, 0.1) is 5.92 Å². The molecule has 124 valence electrons. The highest BCUT2D eigenvalue weighted by atomic mass is 16.5. The van der Waals surface area contributed by atoms with Gasteiger partial charge >= 0.3 is 0 Å². The molecule has 3 aliphatic rings. The molecule has 3 heterocycles. The molecule has 0 aromatic carbocycles. The molecule has 7 nitrogen and oxygen atoms in total. The lowest BCUT2D eigenvalue weighted by Gasteiger charge is -2.40. The SMILES string of the molecule is O=C(CN1CCN(c2ncccn2)CC1)N[C@@H]1C[C@H]2OCC[C@@H]12. The van der Waals surface area contributed by atoms with Crippen molar-refractivity contribution in [3.63, 3.8) is 0 Å². The first-order valence-corrected chi connectivity index (χ1v) is 8.45. The summed E-state index contributed by atoms with van der Waals surface area (Å²) >= 11 is 0. The summed E-state index contributed by atoms with van der Waals surface area (Å²) in [4.78, 5) is 25.2. The first kappa shape index (κ1) is 14.8. The molecular weight excluding hydrogens is 294 g/mol. The van der Waals surface area contributed by atoms with E-state index in [-0.39, 0.29) is 5.91 Å². The average molecular weight is 317 g/mol. The largest absolute Gasteiger partial charge is 0.378 e. The molecule has 2 aliphatic heterocycles. The zero-order chi connectivity index (χ0) is 15.6. The molecule has 0 bridgehead atoms. The molecule has 1 aromatic rings. The Bertz CT molecular complexity index is 547. The molecule has 1 N–H and O–H groups in total. The minimum Gasteiger partial charge on any atom is -0.378 e. The smallest absolute Gasteiger partial charge is 0.234 e. The number of amides is 1. The standard InChI is InChI=1S/C16H23N5O2/c22-15(19-13-10-14-12(13)2-9-23-14)11-20-5-7-21(8-6-20)16-17-3-1-4-18-16/h1,3-4,12-14H,2,5-11H2,(H,19,22)/t12-,13+,14+/m0/s1. The summed E-state index contributed by atoms with van der Waals surface area (Å²) < 4.78 is 5.59. The van der Waals surface area contributed by atoms with E-state index in [1.54, 1.807) is 12.4 Å². The number of nitrogens with zero attached hydrogens (tertiary/aromatic N) is 4. The predicted octanol–water partition coefficient (Wildman–Crippen LogP) is -0.108. The third kappa shape index (κ3) is 3.16. The first-order chi connectivity index (χ1) is 11.3. The molecule has 3 atom stereocenters. The minimum atomic E-state index is 0.143. The Balaban J connectivity index is 1.21. The summed E-state index contributed by atoms with van der Waals surface area (Å²) in [6.07, 6.45) is 6.00. The zero-order valence-corrected chi connectivity index (χ0v) is 13.2. The van der Waals surface area contributed by atoms with Crippen molar-refractivity contribution >= 4 is 11.9 Å². The van der Waals surface area contributed by atoms with Gasteiger partial charge < -0.3 is 15.0 Å². The molecule has 4 rings (SSSR count). The number of ether oxygens (including phenoxy) is 1. The van der Waals surface area contributed by atoms with Gasteiger partial charge in [-0.3, -0.25) is 9.69 Å². The van der Waals surface area contributed by atoms with E-state index in [4.69, 9.17) is 4.74 Å². The van der Waals surface area contributed by atoms with Gasteiger partial charge in [0, 0.05) is 57.1 Å². The molecule has 2 saturated heterocycles. The van der Waals surface area contributed by atoms with E-state index in [1.807, 2.05) is 6.07 Å². The van der Waals surface area contributed by atoms with Crippen LogP contribution in [0.3, 0.4) is 0 Å². The average Bonchev–Trinajstić information content (AvgIpc) is 2.95. The molecular formula is C16H23N5O2. The van der Waals surface area contributed by atoms with Crippen LogP contribution in [0.25, 0.3) is 0 Å². The van der Waals surface area contributed by atoms with Crippen LogP contribution in [-0.2, 0) is 9.53 Å². The Morgan fingerprint density at radius 2 is 2.04 bits per heavy atom. The van der Waals surface area contributed by atoms with Crippen LogP contribution in [0.4, 0.5) is 5.95 Å². The maximum Gasteiger partial charge on any atom is 0.234 e. The van der Waals surface area contributed by atoms with Crippen molar-refractivity contribution in [2.75, 3.05) is 44.2 Å². The number of nitrogens with one attached hydrogen (secondary N) is 1. The fraction of sp³-hybridized carbons (Fsp3) is 0.688. The number of fused-ring (bicyclic) bond motifs is 1. The van der Waals surface area contributed by atoms with Crippen molar-refractivity contribution in [1.29, 1.82) is 0 Å². The quantitative estimate of drug-likeness (QED) is 0.836. The molecule has 1 aromatic heterocycles. The van der Waals surface area contributed by atoms with Gasteiger partial charge in [-0.15, -0.1) is 0 Å². The van der Waals surface area contributed by atoms with Gasteiger partial charge in [0.2, 0.25) is 11.9 Å². The molecule has 23 heavy (non-hydrogen) atoms. The topological polar surface area (TPSA) is 70.6 Å². The Labute approximate surface area is 136 Å². The number of carbonyl (C=O) groups is 1. The molecule has 0 unspecified atom stereocenters. The Morgan fingerprint density at radius 3 is 2.78 bits per heavy atom.